The molecule has 0 aliphatic rings. The van der Waals surface area contributed by atoms with Crippen molar-refractivity contribution in [2.75, 3.05) is 7.05 Å². The molecule has 0 aliphatic carbocycles. The van der Waals surface area contributed by atoms with E-state index in [4.69, 9.17) is 9.15 Å². The maximum Gasteiger partial charge on any atom is 0.253 e. The molecule has 2 aromatic rings. The van der Waals surface area contributed by atoms with E-state index in [0.29, 0.717) is 11.8 Å². The molecule has 0 aliphatic heterocycles. The number of nitrogens with zero attached hydrogens (tertiary/aromatic N) is 2. The fraction of sp³-hybridized carbons (Fsp3) is 0.385. The summed E-state index contributed by atoms with van der Waals surface area (Å²) in [4.78, 5) is 0. The highest BCUT2D eigenvalue weighted by atomic mass is 16.5. The Balaban J connectivity index is 1.95. The lowest BCUT2D eigenvalue weighted by atomic mass is 10.2. The third-order valence-corrected chi connectivity index (χ3v) is 2.64. The Bertz CT molecular complexity index is 466. The monoisotopic (exact) mass is 247 g/mol. The molecule has 0 bridgehead atoms. The first-order valence-corrected chi connectivity index (χ1v) is 6.01. The van der Waals surface area contributed by atoms with E-state index in [9.17, 15) is 0 Å². The van der Waals surface area contributed by atoms with Gasteiger partial charge < -0.3 is 14.5 Å². The molecular weight excluding hydrogens is 230 g/mol. The summed E-state index contributed by atoms with van der Waals surface area (Å²) in [5.74, 6) is 1.88. The number of hydrogen-bond donors (Lipinski definition) is 1. The molecule has 1 aromatic heterocycles. The van der Waals surface area contributed by atoms with Crippen LogP contribution in [0.1, 0.15) is 31.2 Å². The first kappa shape index (κ1) is 12.6. The highest BCUT2D eigenvalue weighted by Crippen LogP contribution is 2.16. The van der Waals surface area contributed by atoms with Crippen LogP contribution >= 0.6 is 0 Å². The Morgan fingerprint density at radius 1 is 1.28 bits per heavy atom. The number of para-hydroxylation sites is 1. The van der Waals surface area contributed by atoms with Gasteiger partial charge in [0.15, 0.2) is 6.61 Å². The van der Waals surface area contributed by atoms with Gasteiger partial charge in [0.2, 0.25) is 5.89 Å². The van der Waals surface area contributed by atoms with Crippen LogP contribution in [0, 0.1) is 0 Å². The summed E-state index contributed by atoms with van der Waals surface area (Å²) in [5, 5.41) is 11.1. The minimum atomic E-state index is 0.1000. The fourth-order valence-corrected chi connectivity index (χ4v) is 1.63. The van der Waals surface area contributed by atoms with E-state index in [2.05, 4.69) is 22.4 Å². The van der Waals surface area contributed by atoms with Crippen LogP contribution < -0.4 is 10.1 Å². The second kappa shape index (κ2) is 6.16. The molecule has 5 heteroatoms. The summed E-state index contributed by atoms with van der Waals surface area (Å²) in [5.41, 5.74) is 0. The number of ether oxygens (including phenoxy) is 1. The summed E-state index contributed by atoms with van der Waals surface area (Å²) in [6.45, 7) is 2.35. The van der Waals surface area contributed by atoms with Gasteiger partial charge in [-0.25, -0.2) is 0 Å². The van der Waals surface area contributed by atoms with Crippen molar-refractivity contribution in [1.29, 1.82) is 0 Å². The van der Waals surface area contributed by atoms with Crippen LogP contribution in [0.5, 0.6) is 5.75 Å². The van der Waals surface area contributed by atoms with Gasteiger partial charge in [0.25, 0.3) is 5.89 Å². The van der Waals surface area contributed by atoms with Crippen LogP contribution in [0.2, 0.25) is 0 Å². The molecule has 96 valence electrons. The van der Waals surface area contributed by atoms with E-state index in [1.54, 1.807) is 0 Å². The molecule has 0 spiro atoms. The van der Waals surface area contributed by atoms with Crippen LogP contribution in [0.4, 0.5) is 0 Å². The molecule has 1 aromatic carbocycles. The number of rotatable bonds is 6. The quantitative estimate of drug-likeness (QED) is 0.848. The van der Waals surface area contributed by atoms with E-state index in [1.807, 2.05) is 37.4 Å². The SMILES string of the molecule is CCC(NC)c1nnc(COc2ccccc2)o1. The lowest BCUT2D eigenvalue weighted by Gasteiger charge is -2.07. The zero-order valence-electron chi connectivity index (χ0n) is 10.6. The zero-order valence-corrected chi connectivity index (χ0v) is 10.6. The minimum absolute atomic E-state index is 0.1000. The van der Waals surface area contributed by atoms with Crippen molar-refractivity contribution in [3.05, 3.63) is 42.1 Å². The van der Waals surface area contributed by atoms with Gasteiger partial charge in [0.1, 0.15) is 5.75 Å². The van der Waals surface area contributed by atoms with Crippen LogP contribution in [-0.2, 0) is 6.61 Å². The maximum absolute atomic E-state index is 5.54. The van der Waals surface area contributed by atoms with Crippen LogP contribution in [-0.4, -0.2) is 17.2 Å². The van der Waals surface area contributed by atoms with Gasteiger partial charge in [-0.15, -0.1) is 10.2 Å². The highest BCUT2D eigenvalue weighted by Gasteiger charge is 2.14. The average Bonchev–Trinajstić information content (AvgIpc) is 2.88. The molecule has 1 heterocycles. The Hall–Kier alpha value is -1.88. The second-order valence-corrected chi connectivity index (χ2v) is 3.89. The first-order chi connectivity index (χ1) is 8.83. The third-order valence-electron chi connectivity index (χ3n) is 2.64. The molecule has 0 amide bonds. The van der Waals surface area contributed by atoms with E-state index in [0.717, 1.165) is 12.2 Å². The van der Waals surface area contributed by atoms with Gasteiger partial charge >= 0.3 is 0 Å². The zero-order chi connectivity index (χ0) is 12.8. The fourth-order valence-electron chi connectivity index (χ4n) is 1.63. The maximum atomic E-state index is 5.54. The topological polar surface area (TPSA) is 60.2 Å². The summed E-state index contributed by atoms with van der Waals surface area (Å²) in [6.07, 6.45) is 0.900. The molecule has 0 saturated carbocycles. The Kier molecular flexibility index (Phi) is 4.30. The lowest BCUT2D eigenvalue weighted by Crippen LogP contribution is -2.15. The van der Waals surface area contributed by atoms with Crippen LogP contribution in [0.15, 0.2) is 34.7 Å². The number of nitrogens with one attached hydrogen (secondary N) is 1. The largest absolute Gasteiger partial charge is 0.484 e. The number of aromatic nitrogens is 2. The third kappa shape index (κ3) is 3.07. The smallest absolute Gasteiger partial charge is 0.253 e. The van der Waals surface area contributed by atoms with Crippen molar-refractivity contribution >= 4 is 0 Å². The summed E-state index contributed by atoms with van der Waals surface area (Å²) < 4.78 is 11.1. The number of benzene rings is 1. The molecular formula is C13H17N3O2. The van der Waals surface area contributed by atoms with Crippen LogP contribution in [0.25, 0.3) is 0 Å². The van der Waals surface area contributed by atoms with Crippen molar-refractivity contribution in [1.82, 2.24) is 15.5 Å². The first-order valence-electron chi connectivity index (χ1n) is 6.01. The molecule has 0 radical (unpaired) electrons. The predicted octanol–water partition coefficient (Wildman–Crippen LogP) is 2.32. The van der Waals surface area contributed by atoms with Gasteiger partial charge in [-0.05, 0) is 25.6 Å². The molecule has 18 heavy (non-hydrogen) atoms. The summed E-state index contributed by atoms with van der Waals surface area (Å²) in [6, 6.07) is 9.66. The molecule has 0 fully saturated rings. The average molecular weight is 247 g/mol. The van der Waals surface area contributed by atoms with Crippen LogP contribution in [0.3, 0.4) is 0 Å². The van der Waals surface area contributed by atoms with Gasteiger partial charge in [-0.1, -0.05) is 25.1 Å². The Labute approximate surface area is 106 Å². The van der Waals surface area contributed by atoms with Crippen molar-refractivity contribution in [3.8, 4) is 5.75 Å². The van der Waals surface area contributed by atoms with Gasteiger partial charge in [0.05, 0.1) is 6.04 Å². The van der Waals surface area contributed by atoms with Gasteiger partial charge in [0, 0.05) is 0 Å². The van der Waals surface area contributed by atoms with Gasteiger partial charge in [-0.3, -0.25) is 0 Å². The van der Waals surface area contributed by atoms with Crippen molar-refractivity contribution in [2.45, 2.75) is 26.0 Å². The molecule has 1 unspecified atom stereocenters. The lowest BCUT2D eigenvalue weighted by molar-refractivity contribution is 0.254. The molecule has 2 rings (SSSR count). The number of hydrogen-bond acceptors (Lipinski definition) is 5. The second-order valence-electron chi connectivity index (χ2n) is 3.89. The normalized spacial score (nSPS) is 12.3. The molecule has 1 N–H and O–H groups in total. The summed E-state index contributed by atoms with van der Waals surface area (Å²) >= 11 is 0. The Morgan fingerprint density at radius 3 is 2.72 bits per heavy atom. The molecule has 0 saturated heterocycles. The highest BCUT2D eigenvalue weighted by molar-refractivity contribution is 5.20. The standard InChI is InChI=1S/C13H17N3O2/c1-3-11(14-2)13-16-15-12(18-13)9-17-10-7-5-4-6-8-10/h4-8,11,14H,3,9H2,1-2H3. The Morgan fingerprint density at radius 2 is 2.06 bits per heavy atom. The van der Waals surface area contributed by atoms with Crippen molar-refractivity contribution in [3.63, 3.8) is 0 Å². The van der Waals surface area contributed by atoms with Crippen molar-refractivity contribution < 1.29 is 9.15 Å². The summed E-state index contributed by atoms with van der Waals surface area (Å²) in [7, 11) is 1.87. The predicted molar refractivity (Wildman–Crippen MR) is 67.2 cm³/mol. The van der Waals surface area contributed by atoms with Crippen molar-refractivity contribution in [2.24, 2.45) is 0 Å². The van der Waals surface area contributed by atoms with E-state index >= 15 is 0 Å². The van der Waals surface area contributed by atoms with E-state index < -0.39 is 0 Å². The molecule has 5 nitrogen and oxygen atoms in total. The van der Waals surface area contributed by atoms with Gasteiger partial charge in [-0.2, -0.15) is 0 Å². The minimum Gasteiger partial charge on any atom is -0.484 e. The van der Waals surface area contributed by atoms with E-state index in [1.165, 1.54) is 0 Å². The van der Waals surface area contributed by atoms with E-state index in [-0.39, 0.29) is 12.6 Å². The molecule has 1 atom stereocenters.